The van der Waals surface area contributed by atoms with Crippen LogP contribution in [0, 0.1) is 12.5 Å². The second-order valence-corrected chi connectivity index (χ2v) is 2.54. The van der Waals surface area contributed by atoms with E-state index >= 15 is 0 Å². The van der Waals surface area contributed by atoms with Gasteiger partial charge >= 0.3 is 0 Å². The first kappa shape index (κ1) is 7.54. The summed E-state index contributed by atoms with van der Waals surface area (Å²) < 4.78 is 0. The molecule has 1 radical (unpaired) electrons. The van der Waals surface area contributed by atoms with Crippen LogP contribution in [0.5, 0.6) is 0 Å². The largest absolute Gasteiger partial charge is 0.354 e. The smallest absolute Gasteiger partial charge is 0.207 e. The second-order valence-electron chi connectivity index (χ2n) is 2.54. The van der Waals surface area contributed by atoms with Crippen molar-refractivity contribution in [2.24, 2.45) is 5.92 Å². The van der Waals surface area contributed by atoms with Crippen LogP contribution in [0.2, 0.25) is 0 Å². The number of carbonyl (C=O) groups excluding carboxylic acids is 1. The molecule has 1 aliphatic heterocycles. The summed E-state index contributed by atoms with van der Waals surface area (Å²) in [5, 5.41) is 5.84. The molecule has 0 spiro atoms. The normalized spacial score (nSPS) is 20.4. The van der Waals surface area contributed by atoms with Crippen LogP contribution in [0.4, 0.5) is 0 Å². The number of amides is 1. The summed E-state index contributed by atoms with van der Waals surface area (Å²) in [5.41, 5.74) is 0. The van der Waals surface area contributed by atoms with Crippen molar-refractivity contribution >= 4 is 6.41 Å². The molecule has 1 amide bonds. The van der Waals surface area contributed by atoms with Crippen LogP contribution in [0.25, 0.3) is 0 Å². The molecule has 1 saturated heterocycles. The van der Waals surface area contributed by atoms with Crippen molar-refractivity contribution in [3.63, 3.8) is 0 Å². The van der Waals surface area contributed by atoms with Crippen LogP contribution in [0.1, 0.15) is 12.8 Å². The Labute approximate surface area is 61.2 Å². The Kier molecular flexibility index (Phi) is 3.22. The van der Waals surface area contributed by atoms with Crippen LogP contribution in [0.3, 0.4) is 0 Å². The van der Waals surface area contributed by atoms with E-state index in [1.807, 2.05) is 6.54 Å². The average Bonchev–Trinajstić information content (AvgIpc) is 2.03. The van der Waals surface area contributed by atoms with Gasteiger partial charge in [-0.2, -0.15) is 0 Å². The van der Waals surface area contributed by atoms with Gasteiger partial charge in [0, 0.05) is 0 Å². The molecule has 2 N–H and O–H groups in total. The van der Waals surface area contributed by atoms with Crippen molar-refractivity contribution in [3.8, 4) is 0 Å². The lowest BCUT2D eigenvalue weighted by molar-refractivity contribution is -0.109. The summed E-state index contributed by atoms with van der Waals surface area (Å²) in [7, 11) is 0. The van der Waals surface area contributed by atoms with Crippen molar-refractivity contribution in [1.29, 1.82) is 0 Å². The first-order valence-corrected chi connectivity index (χ1v) is 3.67. The van der Waals surface area contributed by atoms with E-state index in [1.54, 1.807) is 0 Å². The molecule has 57 valence electrons. The van der Waals surface area contributed by atoms with Crippen molar-refractivity contribution < 1.29 is 4.79 Å². The first-order chi connectivity index (χ1) is 4.93. The quantitative estimate of drug-likeness (QED) is 0.539. The van der Waals surface area contributed by atoms with Crippen molar-refractivity contribution in [1.82, 2.24) is 10.6 Å². The minimum atomic E-state index is 0.575. The van der Waals surface area contributed by atoms with Crippen LogP contribution in [-0.4, -0.2) is 19.5 Å². The van der Waals surface area contributed by atoms with E-state index in [0.717, 1.165) is 32.3 Å². The zero-order valence-corrected chi connectivity index (χ0v) is 5.97. The zero-order valence-electron chi connectivity index (χ0n) is 5.97. The lowest BCUT2D eigenvalue weighted by Crippen LogP contribution is -2.30. The monoisotopic (exact) mass is 141 g/mol. The van der Waals surface area contributed by atoms with E-state index in [4.69, 9.17) is 0 Å². The topological polar surface area (TPSA) is 41.1 Å². The summed E-state index contributed by atoms with van der Waals surface area (Å²) in [6.45, 7) is 4.03. The van der Waals surface area contributed by atoms with E-state index < -0.39 is 0 Å². The van der Waals surface area contributed by atoms with Gasteiger partial charge in [-0.1, -0.05) is 0 Å². The van der Waals surface area contributed by atoms with Gasteiger partial charge in [-0.15, -0.1) is 0 Å². The van der Waals surface area contributed by atoms with Gasteiger partial charge in [-0.25, -0.2) is 0 Å². The zero-order chi connectivity index (χ0) is 7.23. The maximum Gasteiger partial charge on any atom is 0.207 e. The molecule has 3 heteroatoms. The van der Waals surface area contributed by atoms with Crippen LogP contribution in [0.15, 0.2) is 0 Å². The third-order valence-corrected chi connectivity index (χ3v) is 1.78. The highest BCUT2D eigenvalue weighted by atomic mass is 16.1. The number of piperidine rings is 1. The Hall–Kier alpha value is -0.570. The van der Waals surface area contributed by atoms with Crippen molar-refractivity contribution in [3.05, 3.63) is 6.54 Å². The Morgan fingerprint density at radius 3 is 2.70 bits per heavy atom. The number of hydrogen-bond acceptors (Lipinski definition) is 2. The molecule has 0 atom stereocenters. The van der Waals surface area contributed by atoms with Crippen molar-refractivity contribution in [2.75, 3.05) is 13.1 Å². The van der Waals surface area contributed by atoms with Gasteiger partial charge in [0.2, 0.25) is 6.41 Å². The molecule has 10 heavy (non-hydrogen) atoms. The minimum Gasteiger partial charge on any atom is -0.354 e. The third-order valence-electron chi connectivity index (χ3n) is 1.78. The van der Waals surface area contributed by atoms with Gasteiger partial charge in [0.25, 0.3) is 0 Å². The number of carbonyl (C=O) groups is 1. The molecule has 0 unspecified atom stereocenters. The molecule has 0 aliphatic carbocycles. The lowest BCUT2D eigenvalue weighted by Gasteiger charge is -2.21. The molecule has 3 nitrogen and oxygen atoms in total. The number of nitrogens with one attached hydrogen (secondary N) is 2. The molecule has 0 saturated carbocycles. The summed E-state index contributed by atoms with van der Waals surface area (Å²) >= 11 is 0. The van der Waals surface area contributed by atoms with Crippen molar-refractivity contribution in [2.45, 2.75) is 12.8 Å². The minimum absolute atomic E-state index is 0.575. The van der Waals surface area contributed by atoms with Gasteiger partial charge in [-0.3, -0.25) is 4.79 Å². The highest BCUT2D eigenvalue weighted by Crippen LogP contribution is 2.12. The summed E-state index contributed by atoms with van der Waals surface area (Å²) in [4.78, 5) is 9.89. The summed E-state index contributed by atoms with van der Waals surface area (Å²) in [6.07, 6.45) is 3.00. The molecular formula is C7H13N2O. The van der Waals surface area contributed by atoms with E-state index in [-0.39, 0.29) is 0 Å². The van der Waals surface area contributed by atoms with E-state index in [2.05, 4.69) is 10.6 Å². The molecule has 1 heterocycles. The van der Waals surface area contributed by atoms with E-state index in [1.165, 1.54) is 0 Å². The highest BCUT2D eigenvalue weighted by Gasteiger charge is 2.11. The maximum absolute atomic E-state index is 9.89. The summed E-state index contributed by atoms with van der Waals surface area (Å²) in [6, 6.07) is 0. The standard InChI is InChI=1S/C7H13N2O/c10-6-9-5-7-1-3-8-4-2-7/h5-8H,1-4H2,(H,9,10). The SMILES string of the molecule is O=CN[CH]C1CCNCC1. The fraction of sp³-hybridized carbons (Fsp3) is 0.714. The molecule has 0 aromatic rings. The van der Waals surface area contributed by atoms with E-state index in [0.29, 0.717) is 5.92 Å². The van der Waals surface area contributed by atoms with Crippen LogP contribution >= 0.6 is 0 Å². The van der Waals surface area contributed by atoms with Gasteiger partial charge in [0.15, 0.2) is 0 Å². The molecular weight excluding hydrogens is 128 g/mol. The Morgan fingerprint density at radius 2 is 2.10 bits per heavy atom. The Balaban J connectivity index is 2.07. The van der Waals surface area contributed by atoms with Crippen LogP contribution in [-0.2, 0) is 4.79 Å². The molecule has 1 fully saturated rings. The summed E-state index contributed by atoms with van der Waals surface area (Å²) in [5.74, 6) is 0.575. The maximum atomic E-state index is 9.89. The van der Waals surface area contributed by atoms with Gasteiger partial charge in [0.1, 0.15) is 0 Å². The predicted octanol–water partition coefficient (Wildman–Crippen LogP) is -0.106. The molecule has 0 aromatic heterocycles. The Bertz CT molecular complexity index is 99.8. The molecule has 1 rings (SSSR count). The molecule has 0 aromatic carbocycles. The predicted molar refractivity (Wildman–Crippen MR) is 39.1 cm³/mol. The van der Waals surface area contributed by atoms with Gasteiger partial charge in [-0.05, 0) is 31.8 Å². The number of hydrogen-bond donors (Lipinski definition) is 2. The second kappa shape index (κ2) is 4.28. The van der Waals surface area contributed by atoms with Gasteiger partial charge in [0.05, 0.1) is 6.54 Å². The first-order valence-electron chi connectivity index (χ1n) is 3.67. The Morgan fingerprint density at radius 1 is 1.40 bits per heavy atom. The number of rotatable bonds is 3. The lowest BCUT2D eigenvalue weighted by atomic mass is 9.98. The fourth-order valence-electron chi connectivity index (χ4n) is 1.19. The highest BCUT2D eigenvalue weighted by molar-refractivity contribution is 5.47. The third kappa shape index (κ3) is 2.35. The fourth-order valence-corrected chi connectivity index (χ4v) is 1.19. The van der Waals surface area contributed by atoms with Gasteiger partial charge < -0.3 is 10.6 Å². The van der Waals surface area contributed by atoms with Crippen LogP contribution < -0.4 is 10.6 Å². The molecule has 0 bridgehead atoms. The molecule has 1 aliphatic rings. The average molecular weight is 141 g/mol. The van der Waals surface area contributed by atoms with E-state index in [9.17, 15) is 4.79 Å².